The van der Waals surface area contributed by atoms with Crippen molar-refractivity contribution in [3.05, 3.63) is 83.9 Å². The number of pyridine rings is 1. The molecule has 0 aliphatic carbocycles. The minimum Gasteiger partial charge on any atom is -0.497 e. The van der Waals surface area contributed by atoms with Crippen molar-refractivity contribution in [2.24, 2.45) is 0 Å². The number of aromatic nitrogens is 1. The first-order chi connectivity index (χ1) is 13.0. The van der Waals surface area contributed by atoms with Gasteiger partial charge in [0, 0.05) is 29.2 Å². The van der Waals surface area contributed by atoms with Crippen LogP contribution in [-0.2, 0) is 0 Å². The lowest BCUT2D eigenvalue weighted by molar-refractivity contribution is 0.102. The van der Waals surface area contributed by atoms with Gasteiger partial charge >= 0.3 is 0 Å². The minimum absolute atomic E-state index is 0.0738. The third-order valence-corrected chi connectivity index (χ3v) is 3.66. The van der Waals surface area contributed by atoms with E-state index in [2.05, 4.69) is 15.6 Å². The first-order valence-electron chi connectivity index (χ1n) is 8.03. The maximum atomic E-state index is 13.2. The summed E-state index contributed by atoms with van der Waals surface area (Å²) in [6, 6.07) is 15.2. The summed E-state index contributed by atoms with van der Waals surface area (Å²) in [7, 11) is 1.53. The Bertz CT molecular complexity index is 991. The highest BCUT2D eigenvalue weighted by atomic mass is 19.1. The average Bonchev–Trinajstić information content (AvgIpc) is 2.68. The SMILES string of the molecule is COc1cccc(NC(=O)c2cc(C(=O)Nc3cccc(F)c3)ccn2)c1. The highest BCUT2D eigenvalue weighted by molar-refractivity contribution is 6.07. The summed E-state index contributed by atoms with van der Waals surface area (Å²) in [6.45, 7) is 0. The largest absolute Gasteiger partial charge is 0.497 e. The lowest BCUT2D eigenvalue weighted by Gasteiger charge is -2.08. The molecule has 0 bridgehead atoms. The van der Waals surface area contributed by atoms with Crippen LogP contribution in [-0.4, -0.2) is 23.9 Å². The second-order valence-corrected chi connectivity index (χ2v) is 5.58. The Morgan fingerprint density at radius 1 is 0.926 bits per heavy atom. The van der Waals surface area contributed by atoms with Crippen molar-refractivity contribution in [1.29, 1.82) is 0 Å². The van der Waals surface area contributed by atoms with Crippen molar-refractivity contribution in [2.45, 2.75) is 0 Å². The van der Waals surface area contributed by atoms with Gasteiger partial charge in [0.15, 0.2) is 0 Å². The Morgan fingerprint density at radius 3 is 2.37 bits per heavy atom. The molecule has 3 rings (SSSR count). The van der Waals surface area contributed by atoms with Gasteiger partial charge in [-0.2, -0.15) is 0 Å². The Kier molecular flexibility index (Phi) is 5.41. The highest BCUT2D eigenvalue weighted by Gasteiger charge is 2.13. The van der Waals surface area contributed by atoms with Crippen LogP contribution in [0.4, 0.5) is 15.8 Å². The van der Waals surface area contributed by atoms with Crippen molar-refractivity contribution in [2.75, 3.05) is 17.7 Å². The zero-order valence-corrected chi connectivity index (χ0v) is 14.4. The number of nitrogens with zero attached hydrogens (tertiary/aromatic N) is 1. The van der Waals surface area contributed by atoms with Gasteiger partial charge in [0.2, 0.25) is 0 Å². The molecule has 0 unspecified atom stereocenters. The normalized spacial score (nSPS) is 10.1. The number of carbonyl (C=O) groups excluding carboxylic acids is 2. The quantitative estimate of drug-likeness (QED) is 0.722. The van der Waals surface area contributed by atoms with Crippen LogP contribution in [0.1, 0.15) is 20.8 Å². The summed E-state index contributed by atoms with van der Waals surface area (Å²) in [5, 5.41) is 5.27. The molecule has 1 heterocycles. The van der Waals surface area contributed by atoms with Crippen LogP contribution in [0.3, 0.4) is 0 Å². The molecule has 2 aromatic carbocycles. The number of ether oxygens (including phenoxy) is 1. The van der Waals surface area contributed by atoms with Gasteiger partial charge in [0.25, 0.3) is 11.8 Å². The van der Waals surface area contributed by atoms with Gasteiger partial charge in [0.05, 0.1) is 7.11 Å². The summed E-state index contributed by atoms with van der Waals surface area (Å²) in [5.41, 5.74) is 1.16. The molecule has 0 aliphatic rings. The second kappa shape index (κ2) is 8.09. The fraction of sp³-hybridized carbons (Fsp3) is 0.0500. The first-order valence-corrected chi connectivity index (χ1v) is 8.03. The van der Waals surface area contributed by atoms with E-state index < -0.39 is 17.6 Å². The topological polar surface area (TPSA) is 80.3 Å². The standard InChI is InChI=1S/C20H16FN3O3/c1-27-17-7-3-6-16(12-17)24-20(26)18-10-13(8-9-22-18)19(25)23-15-5-2-4-14(21)11-15/h2-12H,1H3,(H,23,25)(H,24,26). The van der Waals surface area contributed by atoms with Gasteiger partial charge in [-0.05, 0) is 42.5 Å². The molecule has 0 saturated carbocycles. The molecule has 2 N–H and O–H groups in total. The van der Waals surface area contributed by atoms with Crippen molar-refractivity contribution in [1.82, 2.24) is 4.98 Å². The smallest absolute Gasteiger partial charge is 0.274 e. The second-order valence-electron chi connectivity index (χ2n) is 5.58. The Hall–Kier alpha value is -3.74. The number of benzene rings is 2. The van der Waals surface area contributed by atoms with Gasteiger partial charge in [-0.25, -0.2) is 4.39 Å². The zero-order valence-electron chi connectivity index (χ0n) is 14.4. The van der Waals surface area contributed by atoms with Crippen molar-refractivity contribution < 1.29 is 18.7 Å². The van der Waals surface area contributed by atoms with E-state index in [1.54, 1.807) is 30.3 Å². The summed E-state index contributed by atoms with van der Waals surface area (Å²) in [5.74, 6) is -0.799. The first kappa shape index (κ1) is 18.1. The monoisotopic (exact) mass is 365 g/mol. The Morgan fingerprint density at radius 2 is 1.63 bits per heavy atom. The molecule has 3 aromatic rings. The van der Waals surface area contributed by atoms with Crippen molar-refractivity contribution in [3.8, 4) is 5.75 Å². The van der Waals surface area contributed by atoms with Gasteiger partial charge in [-0.3, -0.25) is 14.6 Å². The third-order valence-electron chi connectivity index (χ3n) is 3.66. The molecular weight excluding hydrogens is 349 g/mol. The number of nitrogens with one attached hydrogen (secondary N) is 2. The molecule has 1 aromatic heterocycles. The third kappa shape index (κ3) is 4.66. The van der Waals surface area contributed by atoms with Gasteiger partial charge < -0.3 is 15.4 Å². The fourth-order valence-corrected chi connectivity index (χ4v) is 2.36. The maximum Gasteiger partial charge on any atom is 0.274 e. The van der Waals surface area contributed by atoms with E-state index in [-0.39, 0.29) is 11.3 Å². The van der Waals surface area contributed by atoms with Crippen LogP contribution in [0.2, 0.25) is 0 Å². The molecule has 7 heteroatoms. The van der Waals surface area contributed by atoms with E-state index in [1.807, 2.05) is 0 Å². The van der Waals surface area contributed by atoms with Crippen LogP contribution in [0.25, 0.3) is 0 Å². The summed E-state index contributed by atoms with van der Waals surface area (Å²) >= 11 is 0. The molecule has 0 atom stereocenters. The average molecular weight is 365 g/mol. The van der Waals surface area contributed by atoms with Crippen LogP contribution in [0.15, 0.2) is 66.9 Å². The molecule has 0 aliphatic heterocycles. The van der Waals surface area contributed by atoms with Crippen LogP contribution in [0.5, 0.6) is 5.75 Å². The Labute approximate surface area is 155 Å². The number of halogens is 1. The van der Waals surface area contributed by atoms with Gasteiger partial charge in [-0.15, -0.1) is 0 Å². The molecule has 136 valence electrons. The van der Waals surface area contributed by atoms with E-state index >= 15 is 0 Å². The molecule has 0 fully saturated rings. The zero-order chi connectivity index (χ0) is 19.2. The fourth-order valence-electron chi connectivity index (χ4n) is 2.36. The summed E-state index contributed by atoms with van der Waals surface area (Å²) in [6.07, 6.45) is 1.36. The number of hydrogen-bond acceptors (Lipinski definition) is 4. The van der Waals surface area contributed by atoms with Crippen LogP contribution < -0.4 is 15.4 Å². The molecule has 0 spiro atoms. The predicted octanol–water partition coefficient (Wildman–Crippen LogP) is 3.73. The molecule has 2 amide bonds. The van der Waals surface area contributed by atoms with E-state index in [9.17, 15) is 14.0 Å². The molecular formula is C20H16FN3O3. The van der Waals surface area contributed by atoms with E-state index in [4.69, 9.17) is 4.74 Å². The number of amides is 2. The van der Waals surface area contributed by atoms with Gasteiger partial charge in [-0.1, -0.05) is 12.1 Å². The van der Waals surface area contributed by atoms with Crippen LogP contribution in [0, 0.1) is 5.82 Å². The van der Waals surface area contributed by atoms with Crippen LogP contribution >= 0.6 is 0 Å². The molecule has 0 saturated heterocycles. The molecule has 27 heavy (non-hydrogen) atoms. The van der Waals surface area contributed by atoms with E-state index in [0.29, 0.717) is 17.1 Å². The number of anilines is 2. The number of carbonyl (C=O) groups is 2. The van der Waals surface area contributed by atoms with E-state index in [0.717, 1.165) is 0 Å². The van der Waals surface area contributed by atoms with Crippen molar-refractivity contribution in [3.63, 3.8) is 0 Å². The number of rotatable bonds is 5. The minimum atomic E-state index is -0.474. The number of methoxy groups -OCH3 is 1. The van der Waals surface area contributed by atoms with Crippen molar-refractivity contribution >= 4 is 23.2 Å². The lowest BCUT2D eigenvalue weighted by atomic mass is 10.2. The molecule has 6 nitrogen and oxygen atoms in total. The van der Waals surface area contributed by atoms with E-state index in [1.165, 1.54) is 43.6 Å². The van der Waals surface area contributed by atoms with Gasteiger partial charge in [0.1, 0.15) is 17.3 Å². The Balaban J connectivity index is 1.74. The summed E-state index contributed by atoms with van der Waals surface area (Å²) < 4.78 is 18.3. The summed E-state index contributed by atoms with van der Waals surface area (Å²) in [4.78, 5) is 28.7. The lowest BCUT2D eigenvalue weighted by Crippen LogP contribution is -2.17. The maximum absolute atomic E-state index is 13.2. The predicted molar refractivity (Wildman–Crippen MR) is 99.5 cm³/mol. The number of hydrogen-bond donors (Lipinski definition) is 2. The molecule has 0 radical (unpaired) electrons. The highest BCUT2D eigenvalue weighted by Crippen LogP contribution is 2.17.